The molecule has 0 unspecified atom stereocenters. The number of nitrogens with zero attached hydrogens (tertiary/aromatic N) is 4. The highest BCUT2D eigenvalue weighted by Crippen LogP contribution is 2.19. The molecule has 25 heavy (non-hydrogen) atoms. The molecule has 3 rings (SSSR count). The van der Waals surface area contributed by atoms with E-state index in [9.17, 15) is 4.79 Å². The van der Waals surface area contributed by atoms with Crippen molar-refractivity contribution >= 4 is 5.91 Å². The van der Waals surface area contributed by atoms with E-state index in [1.54, 1.807) is 18.7 Å². The van der Waals surface area contributed by atoms with E-state index in [0.717, 1.165) is 30.8 Å². The molecule has 1 aliphatic rings. The molecule has 8 nitrogen and oxygen atoms in total. The molecule has 1 aromatic heterocycles. The summed E-state index contributed by atoms with van der Waals surface area (Å²) in [5.41, 5.74) is 0.978. The molecule has 1 aliphatic heterocycles. The first kappa shape index (κ1) is 17.3. The fourth-order valence-corrected chi connectivity index (χ4v) is 2.98. The minimum absolute atomic E-state index is 0.0939. The number of carbonyl (C=O) groups is 1. The number of aromatic nitrogens is 4. The Morgan fingerprint density at radius 2 is 2.40 bits per heavy atom. The van der Waals surface area contributed by atoms with Gasteiger partial charge >= 0.3 is 0 Å². The maximum absolute atomic E-state index is 12.8. The van der Waals surface area contributed by atoms with Gasteiger partial charge in [0.25, 0.3) is 0 Å². The van der Waals surface area contributed by atoms with Gasteiger partial charge < -0.3 is 14.8 Å². The van der Waals surface area contributed by atoms with Gasteiger partial charge in [-0.3, -0.25) is 4.79 Å². The lowest BCUT2D eigenvalue weighted by molar-refractivity contribution is -0.125. The van der Waals surface area contributed by atoms with Crippen LogP contribution in [0.4, 0.5) is 0 Å². The minimum atomic E-state index is -0.525. The van der Waals surface area contributed by atoms with Crippen molar-refractivity contribution in [1.82, 2.24) is 25.5 Å². The molecule has 8 heteroatoms. The predicted octanol–water partition coefficient (Wildman–Crippen LogP) is 1.07. The first-order valence-corrected chi connectivity index (χ1v) is 8.44. The zero-order valence-electron chi connectivity index (χ0n) is 14.5. The van der Waals surface area contributed by atoms with E-state index in [4.69, 9.17) is 9.47 Å². The number of rotatable bonds is 7. The van der Waals surface area contributed by atoms with Gasteiger partial charge in [-0.1, -0.05) is 12.1 Å². The highest BCUT2D eigenvalue weighted by atomic mass is 16.5. The molecule has 1 N–H and O–H groups in total. The van der Waals surface area contributed by atoms with Gasteiger partial charge in [0.15, 0.2) is 0 Å². The van der Waals surface area contributed by atoms with E-state index in [0.29, 0.717) is 18.8 Å². The van der Waals surface area contributed by atoms with Crippen LogP contribution in [0.2, 0.25) is 0 Å². The summed E-state index contributed by atoms with van der Waals surface area (Å²) in [6.07, 6.45) is 2.59. The van der Waals surface area contributed by atoms with E-state index in [2.05, 4.69) is 20.8 Å². The van der Waals surface area contributed by atoms with Crippen LogP contribution in [-0.2, 0) is 16.0 Å². The number of tetrazole rings is 1. The Balaban J connectivity index is 1.74. The lowest BCUT2D eigenvalue weighted by Crippen LogP contribution is -2.38. The molecular weight excluding hydrogens is 322 g/mol. The van der Waals surface area contributed by atoms with E-state index in [1.807, 2.05) is 24.3 Å². The second-order valence-corrected chi connectivity index (χ2v) is 6.12. The number of aryl methyl sites for hydroxylation is 1. The first-order chi connectivity index (χ1) is 12.2. The SMILES string of the molecule is COc1cccc(C[C@@H](C(=O)NC[C@H]2CCCO2)n2nnnc2C)c1. The topological polar surface area (TPSA) is 91.2 Å². The molecule has 1 fully saturated rings. The third-order valence-corrected chi connectivity index (χ3v) is 4.35. The summed E-state index contributed by atoms with van der Waals surface area (Å²) in [4.78, 5) is 12.8. The maximum Gasteiger partial charge on any atom is 0.245 e. The molecule has 2 heterocycles. The summed E-state index contributed by atoms with van der Waals surface area (Å²) >= 11 is 0. The van der Waals surface area contributed by atoms with Crippen molar-refractivity contribution in [1.29, 1.82) is 0 Å². The summed E-state index contributed by atoms with van der Waals surface area (Å²) in [6, 6.07) is 7.13. The highest BCUT2D eigenvalue weighted by molar-refractivity contribution is 5.80. The maximum atomic E-state index is 12.8. The van der Waals surface area contributed by atoms with Crippen molar-refractivity contribution in [3.05, 3.63) is 35.7 Å². The van der Waals surface area contributed by atoms with Crippen LogP contribution in [0.25, 0.3) is 0 Å². The van der Waals surface area contributed by atoms with Crippen molar-refractivity contribution in [3.63, 3.8) is 0 Å². The van der Waals surface area contributed by atoms with Gasteiger partial charge in [-0.2, -0.15) is 0 Å². The normalized spacial score (nSPS) is 18.1. The Hall–Kier alpha value is -2.48. The predicted molar refractivity (Wildman–Crippen MR) is 90.3 cm³/mol. The summed E-state index contributed by atoms with van der Waals surface area (Å²) in [5.74, 6) is 1.23. The minimum Gasteiger partial charge on any atom is -0.497 e. The zero-order chi connectivity index (χ0) is 17.6. The molecule has 1 amide bonds. The number of amides is 1. The van der Waals surface area contributed by atoms with Gasteiger partial charge in [-0.15, -0.1) is 5.10 Å². The Labute approximate surface area is 146 Å². The number of hydrogen-bond acceptors (Lipinski definition) is 6. The van der Waals surface area contributed by atoms with Gasteiger partial charge in [0.2, 0.25) is 5.91 Å². The van der Waals surface area contributed by atoms with Crippen LogP contribution in [0.5, 0.6) is 5.75 Å². The largest absolute Gasteiger partial charge is 0.497 e. The second-order valence-electron chi connectivity index (χ2n) is 6.12. The number of benzene rings is 1. The molecule has 2 atom stereocenters. The van der Waals surface area contributed by atoms with Crippen LogP contribution in [0, 0.1) is 6.92 Å². The van der Waals surface area contributed by atoms with E-state index in [-0.39, 0.29) is 12.0 Å². The van der Waals surface area contributed by atoms with Crippen LogP contribution in [-0.4, -0.2) is 52.5 Å². The zero-order valence-corrected chi connectivity index (χ0v) is 14.5. The molecule has 2 aromatic rings. The standard InChI is InChI=1S/C17H23N5O3/c1-12-19-20-21-22(12)16(10-13-5-3-6-14(9-13)24-2)17(23)18-11-15-7-4-8-25-15/h3,5-6,9,15-16H,4,7-8,10-11H2,1-2H3,(H,18,23)/t15-,16+/m1/s1. The Kier molecular flexibility index (Phi) is 5.60. The summed E-state index contributed by atoms with van der Waals surface area (Å²) in [5, 5.41) is 14.5. The number of methoxy groups -OCH3 is 1. The van der Waals surface area contributed by atoms with Gasteiger partial charge in [0.1, 0.15) is 17.6 Å². The highest BCUT2D eigenvalue weighted by Gasteiger charge is 2.25. The molecule has 134 valence electrons. The fraction of sp³-hybridized carbons (Fsp3) is 0.529. The lowest BCUT2D eigenvalue weighted by Gasteiger charge is -2.19. The number of hydrogen-bond donors (Lipinski definition) is 1. The number of nitrogens with one attached hydrogen (secondary N) is 1. The molecule has 0 saturated carbocycles. The monoisotopic (exact) mass is 345 g/mol. The average molecular weight is 345 g/mol. The molecule has 0 aliphatic carbocycles. The van der Waals surface area contributed by atoms with Crippen molar-refractivity contribution in [2.75, 3.05) is 20.3 Å². The second kappa shape index (κ2) is 8.06. The molecule has 0 spiro atoms. The van der Waals surface area contributed by atoms with Gasteiger partial charge in [-0.25, -0.2) is 4.68 Å². The van der Waals surface area contributed by atoms with Crippen molar-refractivity contribution in [2.24, 2.45) is 0 Å². The van der Waals surface area contributed by atoms with Crippen LogP contribution < -0.4 is 10.1 Å². The first-order valence-electron chi connectivity index (χ1n) is 8.44. The Morgan fingerprint density at radius 3 is 3.08 bits per heavy atom. The summed E-state index contributed by atoms with van der Waals surface area (Å²) in [7, 11) is 1.62. The van der Waals surface area contributed by atoms with Gasteiger partial charge in [0, 0.05) is 19.6 Å². The van der Waals surface area contributed by atoms with Gasteiger partial charge in [-0.05, 0) is 47.9 Å². The Morgan fingerprint density at radius 1 is 1.52 bits per heavy atom. The number of carbonyl (C=O) groups excluding carboxylic acids is 1. The van der Waals surface area contributed by atoms with Crippen LogP contribution in [0.3, 0.4) is 0 Å². The molecule has 0 radical (unpaired) electrons. The Bertz CT molecular complexity index is 712. The van der Waals surface area contributed by atoms with Crippen molar-refractivity contribution < 1.29 is 14.3 Å². The smallest absolute Gasteiger partial charge is 0.245 e. The molecule has 1 saturated heterocycles. The van der Waals surface area contributed by atoms with Crippen LogP contribution >= 0.6 is 0 Å². The van der Waals surface area contributed by atoms with E-state index in [1.165, 1.54) is 0 Å². The third kappa shape index (κ3) is 4.33. The third-order valence-electron chi connectivity index (χ3n) is 4.35. The fourth-order valence-electron chi connectivity index (χ4n) is 2.98. The number of ether oxygens (including phenoxy) is 2. The van der Waals surface area contributed by atoms with Gasteiger partial charge in [0.05, 0.1) is 13.2 Å². The van der Waals surface area contributed by atoms with E-state index >= 15 is 0 Å². The van der Waals surface area contributed by atoms with Crippen LogP contribution in [0.15, 0.2) is 24.3 Å². The van der Waals surface area contributed by atoms with E-state index < -0.39 is 6.04 Å². The molecular formula is C17H23N5O3. The molecule has 0 bridgehead atoms. The van der Waals surface area contributed by atoms with Crippen molar-refractivity contribution in [2.45, 2.75) is 38.3 Å². The quantitative estimate of drug-likeness (QED) is 0.807. The van der Waals surface area contributed by atoms with Crippen molar-refractivity contribution in [3.8, 4) is 5.75 Å². The van der Waals surface area contributed by atoms with Crippen LogP contribution in [0.1, 0.15) is 30.3 Å². The lowest BCUT2D eigenvalue weighted by atomic mass is 10.0. The average Bonchev–Trinajstić information content (AvgIpc) is 3.29. The summed E-state index contributed by atoms with van der Waals surface area (Å²) < 4.78 is 12.4. The summed E-state index contributed by atoms with van der Waals surface area (Å²) in [6.45, 7) is 3.06. The molecule has 1 aromatic carbocycles.